The molecule has 0 bridgehead atoms. The number of urea groups is 1. The van der Waals surface area contributed by atoms with Crippen LogP contribution < -0.4 is 10.1 Å². The molecule has 1 heterocycles. The van der Waals surface area contributed by atoms with Crippen LogP contribution >= 0.6 is 0 Å². The van der Waals surface area contributed by atoms with Crippen LogP contribution in [0.2, 0.25) is 0 Å². The minimum Gasteiger partial charge on any atom is -0.484 e. The highest BCUT2D eigenvalue weighted by molar-refractivity contribution is 5.75. The van der Waals surface area contributed by atoms with Gasteiger partial charge in [0.25, 0.3) is 0 Å². The molecule has 2 aliphatic rings. The molecule has 1 N–H and O–H groups in total. The van der Waals surface area contributed by atoms with E-state index in [1.54, 1.807) is 7.11 Å². The number of likely N-dealkylation sites (tertiary alicyclic amines) is 1. The van der Waals surface area contributed by atoms with Gasteiger partial charge in [-0.25, -0.2) is 4.79 Å². The van der Waals surface area contributed by atoms with Crippen LogP contribution in [0, 0.1) is 6.92 Å². The highest BCUT2D eigenvalue weighted by atomic mass is 16.5. The molecule has 7 nitrogen and oxygen atoms in total. The molecule has 0 unspecified atom stereocenters. The van der Waals surface area contributed by atoms with Crippen molar-refractivity contribution in [3.63, 3.8) is 0 Å². The van der Waals surface area contributed by atoms with Gasteiger partial charge >= 0.3 is 6.03 Å². The van der Waals surface area contributed by atoms with Gasteiger partial charge in [0.15, 0.2) is 0 Å². The summed E-state index contributed by atoms with van der Waals surface area (Å²) in [6, 6.07) is 4.55. The van der Waals surface area contributed by atoms with Crippen LogP contribution in [0.4, 0.5) is 10.5 Å². The van der Waals surface area contributed by atoms with Crippen molar-refractivity contribution in [1.82, 2.24) is 10.2 Å². The third-order valence-electron chi connectivity index (χ3n) is 6.66. The Hall–Kier alpha value is -2.12. The van der Waals surface area contributed by atoms with E-state index in [-0.39, 0.29) is 24.3 Å². The second-order valence-corrected chi connectivity index (χ2v) is 9.87. The van der Waals surface area contributed by atoms with Crippen molar-refractivity contribution in [2.45, 2.75) is 90.4 Å². The number of amides is 2. The molecule has 2 amide bonds. The van der Waals surface area contributed by atoms with E-state index in [1.165, 1.54) is 5.56 Å². The molecule has 3 rings (SSSR count). The molecular weight excluding hydrogens is 430 g/mol. The number of hydrogen-bond acceptors (Lipinski definition) is 5. The molecule has 1 aromatic carbocycles. The first-order chi connectivity index (χ1) is 16.4. The SMILES string of the molecule is CCC/C=N\c1c(C)cc(C(C)C)cc1OC1CN(C(=O)NC2CCC(OCCOC)CC2)C1. The van der Waals surface area contributed by atoms with E-state index < -0.39 is 0 Å². The monoisotopic (exact) mass is 473 g/mol. The van der Waals surface area contributed by atoms with Crippen LogP contribution in [0.3, 0.4) is 0 Å². The average molecular weight is 474 g/mol. The molecular formula is C27H43N3O4. The number of hydrogen-bond donors (Lipinski definition) is 1. The Kier molecular flexibility index (Phi) is 10.2. The number of methoxy groups -OCH3 is 1. The predicted molar refractivity (Wildman–Crippen MR) is 137 cm³/mol. The summed E-state index contributed by atoms with van der Waals surface area (Å²) in [5, 5.41) is 3.20. The lowest BCUT2D eigenvalue weighted by molar-refractivity contribution is -0.00473. The highest BCUT2D eigenvalue weighted by Gasteiger charge is 2.34. The van der Waals surface area contributed by atoms with E-state index in [4.69, 9.17) is 19.2 Å². The van der Waals surface area contributed by atoms with Gasteiger partial charge in [0.05, 0.1) is 32.4 Å². The van der Waals surface area contributed by atoms with Gasteiger partial charge in [0, 0.05) is 19.4 Å². The zero-order valence-corrected chi connectivity index (χ0v) is 21.6. The second-order valence-electron chi connectivity index (χ2n) is 9.87. The molecule has 1 saturated heterocycles. The quantitative estimate of drug-likeness (QED) is 0.346. The van der Waals surface area contributed by atoms with Crippen LogP contribution in [0.5, 0.6) is 5.75 Å². The fraction of sp³-hybridized carbons (Fsp3) is 0.704. The molecule has 0 aromatic heterocycles. The first-order valence-corrected chi connectivity index (χ1v) is 12.9. The van der Waals surface area contributed by atoms with Crippen molar-refractivity contribution >= 4 is 17.9 Å². The molecule has 1 aliphatic carbocycles. The summed E-state index contributed by atoms with van der Waals surface area (Å²) in [4.78, 5) is 19.3. The summed E-state index contributed by atoms with van der Waals surface area (Å²) in [5.41, 5.74) is 3.28. The van der Waals surface area contributed by atoms with E-state index in [1.807, 2.05) is 11.1 Å². The second kappa shape index (κ2) is 13.1. The first-order valence-electron chi connectivity index (χ1n) is 12.9. The number of benzene rings is 1. The van der Waals surface area contributed by atoms with Gasteiger partial charge in [-0.05, 0) is 62.1 Å². The number of ether oxygens (including phenoxy) is 3. The summed E-state index contributed by atoms with van der Waals surface area (Å²) in [5.74, 6) is 1.24. The number of rotatable bonds is 11. The highest BCUT2D eigenvalue weighted by Crippen LogP contribution is 2.36. The number of carbonyl (C=O) groups is 1. The fourth-order valence-electron chi connectivity index (χ4n) is 4.44. The van der Waals surface area contributed by atoms with Gasteiger partial charge in [-0.1, -0.05) is 33.3 Å². The number of carbonyl (C=O) groups excluding carboxylic acids is 1. The lowest BCUT2D eigenvalue weighted by Gasteiger charge is -2.40. The van der Waals surface area contributed by atoms with E-state index in [9.17, 15) is 4.79 Å². The maximum absolute atomic E-state index is 12.7. The fourth-order valence-corrected chi connectivity index (χ4v) is 4.44. The van der Waals surface area contributed by atoms with Crippen molar-refractivity contribution in [1.29, 1.82) is 0 Å². The Bertz CT molecular complexity index is 812. The van der Waals surface area contributed by atoms with Crippen molar-refractivity contribution in [2.24, 2.45) is 4.99 Å². The molecule has 190 valence electrons. The standard InChI is InChI=1S/C27H43N3O4/c1-6-7-12-28-26-20(4)15-21(19(2)3)16-25(26)34-24-17-30(18-24)27(31)29-22-8-10-23(11-9-22)33-14-13-32-5/h12,15-16,19,22-24H,6-11,13-14,17-18H2,1-5H3,(H,29,31)/b28-12-. The topological polar surface area (TPSA) is 72.4 Å². The van der Waals surface area contributed by atoms with Gasteiger partial charge in [0.1, 0.15) is 17.5 Å². The van der Waals surface area contributed by atoms with Crippen molar-refractivity contribution in [2.75, 3.05) is 33.4 Å². The Labute approximate surface area is 205 Å². The van der Waals surface area contributed by atoms with Gasteiger partial charge in [-0.15, -0.1) is 0 Å². The van der Waals surface area contributed by atoms with Crippen molar-refractivity contribution < 1.29 is 19.0 Å². The molecule has 0 spiro atoms. The predicted octanol–water partition coefficient (Wildman–Crippen LogP) is 5.37. The van der Waals surface area contributed by atoms with E-state index in [0.717, 1.165) is 55.5 Å². The maximum Gasteiger partial charge on any atom is 0.317 e. The third-order valence-corrected chi connectivity index (χ3v) is 6.66. The number of unbranched alkanes of at least 4 members (excludes halogenated alkanes) is 1. The number of aliphatic imine (C=N–C) groups is 1. The summed E-state index contributed by atoms with van der Waals surface area (Å²) in [6.45, 7) is 11.1. The Morgan fingerprint density at radius 1 is 1.18 bits per heavy atom. The summed E-state index contributed by atoms with van der Waals surface area (Å²) in [7, 11) is 1.69. The molecule has 1 aromatic rings. The van der Waals surface area contributed by atoms with Gasteiger partial charge in [0.2, 0.25) is 0 Å². The largest absolute Gasteiger partial charge is 0.484 e. The van der Waals surface area contributed by atoms with E-state index in [2.05, 4.69) is 45.1 Å². The zero-order chi connectivity index (χ0) is 24.5. The van der Waals surface area contributed by atoms with Gasteiger partial charge in [-0.2, -0.15) is 0 Å². The molecule has 1 aliphatic heterocycles. The molecule has 0 radical (unpaired) electrons. The van der Waals surface area contributed by atoms with Crippen molar-refractivity contribution in [3.05, 3.63) is 23.3 Å². The summed E-state index contributed by atoms with van der Waals surface area (Å²) >= 11 is 0. The summed E-state index contributed by atoms with van der Waals surface area (Å²) < 4.78 is 17.2. The van der Waals surface area contributed by atoms with Crippen molar-refractivity contribution in [3.8, 4) is 5.75 Å². The summed E-state index contributed by atoms with van der Waals surface area (Å²) in [6.07, 6.45) is 8.14. The first kappa shape index (κ1) is 26.5. The number of nitrogens with one attached hydrogen (secondary N) is 1. The van der Waals surface area contributed by atoms with Crippen LogP contribution in [-0.4, -0.2) is 68.8 Å². The van der Waals surface area contributed by atoms with E-state index >= 15 is 0 Å². The number of aryl methyl sites for hydroxylation is 1. The Balaban J connectivity index is 1.49. The van der Waals surface area contributed by atoms with Crippen LogP contribution in [0.15, 0.2) is 17.1 Å². The zero-order valence-electron chi connectivity index (χ0n) is 21.6. The smallest absolute Gasteiger partial charge is 0.317 e. The number of nitrogens with zero attached hydrogens (tertiary/aromatic N) is 2. The molecule has 1 saturated carbocycles. The minimum absolute atomic E-state index is 0.00221. The lowest BCUT2D eigenvalue weighted by Crippen LogP contribution is -2.60. The third kappa shape index (κ3) is 7.44. The Morgan fingerprint density at radius 3 is 2.56 bits per heavy atom. The van der Waals surface area contributed by atoms with Crippen LogP contribution in [0.1, 0.15) is 76.3 Å². The van der Waals surface area contributed by atoms with E-state index in [0.29, 0.717) is 32.2 Å². The molecule has 2 fully saturated rings. The maximum atomic E-state index is 12.7. The van der Waals surface area contributed by atoms with Crippen LogP contribution in [0.25, 0.3) is 0 Å². The lowest BCUT2D eigenvalue weighted by atomic mass is 9.93. The van der Waals surface area contributed by atoms with Gasteiger partial charge in [-0.3, -0.25) is 4.99 Å². The molecule has 34 heavy (non-hydrogen) atoms. The normalized spacial score (nSPS) is 21.2. The minimum atomic E-state index is -0.00221. The Morgan fingerprint density at radius 2 is 1.91 bits per heavy atom. The molecule has 0 atom stereocenters. The average Bonchev–Trinajstić information content (AvgIpc) is 2.78. The van der Waals surface area contributed by atoms with Gasteiger partial charge < -0.3 is 24.4 Å². The van der Waals surface area contributed by atoms with Crippen LogP contribution in [-0.2, 0) is 9.47 Å². The molecule has 7 heteroatoms.